The number of carbonyl (C=O) groups is 2. The van der Waals surface area contributed by atoms with E-state index in [1.807, 2.05) is 6.92 Å². The minimum Gasteiger partial charge on any atom is -0.338 e. The van der Waals surface area contributed by atoms with E-state index in [1.54, 1.807) is 22.1 Å². The van der Waals surface area contributed by atoms with Gasteiger partial charge in [-0.3, -0.25) is 9.59 Å². The number of aromatic nitrogens is 1. The Labute approximate surface area is 137 Å². The Morgan fingerprint density at radius 3 is 2.45 bits per heavy atom. The molecule has 1 saturated heterocycles. The normalized spacial score (nSPS) is 14.8. The Hall–Kier alpha value is -1.83. The van der Waals surface area contributed by atoms with Gasteiger partial charge in [0.15, 0.2) is 0 Å². The van der Waals surface area contributed by atoms with Crippen molar-refractivity contribution >= 4 is 27.9 Å². The van der Waals surface area contributed by atoms with Crippen molar-refractivity contribution in [2.24, 2.45) is 0 Å². The fourth-order valence-electron chi connectivity index (χ4n) is 2.29. The molecule has 1 aromatic heterocycles. The van der Waals surface area contributed by atoms with Crippen LogP contribution in [0.15, 0.2) is 27.6 Å². The first-order chi connectivity index (χ1) is 10.5. The summed E-state index contributed by atoms with van der Waals surface area (Å²) in [5.74, 6) is -0.115. The van der Waals surface area contributed by atoms with Crippen molar-refractivity contribution in [2.75, 3.05) is 32.7 Å². The van der Waals surface area contributed by atoms with E-state index in [9.17, 15) is 14.4 Å². The predicted octanol–water partition coefficient (Wildman–Crippen LogP) is 0.484. The topological polar surface area (TPSA) is 74.7 Å². The summed E-state index contributed by atoms with van der Waals surface area (Å²) in [5, 5.41) is 2.75. The van der Waals surface area contributed by atoms with Gasteiger partial charge in [-0.05, 0) is 28.9 Å². The maximum Gasteiger partial charge on any atom is 0.317 e. The number of nitrogens with zero attached hydrogens (tertiary/aromatic N) is 3. The second kappa shape index (κ2) is 7.44. The van der Waals surface area contributed by atoms with Crippen molar-refractivity contribution in [2.45, 2.75) is 13.5 Å². The Balaban J connectivity index is 1.91. The van der Waals surface area contributed by atoms with E-state index in [4.69, 9.17) is 0 Å². The third-order valence-electron chi connectivity index (χ3n) is 3.50. The Morgan fingerprint density at radius 1 is 1.18 bits per heavy atom. The number of halogens is 1. The standard InChI is InChI=1S/C14H19BrN4O3/c1-2-16-14(22)18-7-5-17(6-8-18)13(21)10-19-9-11(15)3-4-12(19)20/h3-4,9H,2,5-8,10H2,1H3,(H,16,22). The van der Waals surface area contributed by atoms with Gasteiger partial charge in [0.25, 0.3) is 5.56 Å². The zero-order valence-electron chi connectivity index (χ0n) is 12.4. The molecular weight excluding hydrogens is 352 g/mol. The third kappa shape index (κ3) is 4.09. The molecule has 1 aromatic rings. The first-order valence-corrected chi connectivity index (χ1v) is 7.97. The van der Waals surface area contributed by atoms with Gasteiger partial charge in [0.1, 0.15) is 6.54 Å². The highest BCUT2D eigenvalue weighted by atomic mass is 79.9. The second-order valence-electron chi connectivity index (χ2n) is 5.02. The monoisotopic (exact) mass is 370 g/mol. The molecule has 0 bridgehead atoms. The Kier molecular flexibility index (Phi) is 5.59. The zero-order valence-corrected chi connectivity index (χ0v) is 14.0. The number of carbonyl (C=O) groups excluding carboxylic acids is 2. The van der Waals surface area contributed by atoms with E-state index in [0.717, 1.165) is 4.47 Å². The Bertz CT molecular complexity index is 608. The SMILES string of the molecule is CCNC(=O)N1CCN(C(=O)Cn2cc(Br)ccc2=O)CC1. The first kappa shape index (κ1) is 16.5. The summed E-state index contributed by atoms with van der Waals surface area (Å²) in [5.41, 5.74) is -0.211. The Morgan fingerprint density at radius 2 is 1.82 bits per heavy atom. The average molecular weight is 371 g/mol. The molecule has 8 heteroatoms. The largest absolute Gasteiger partial charge is 0.338 e. The number of hydrogen-bond donors (Lipinski definition) is 1. The highest BCUT2D eigenvalue weighted by Gasteiger charge is 2.23. The summed E-state index contributed by atoms with van der Waals surface area (Å²) in [4.78, 5) is 39.1. The fourth-order valence-corrected chi connectivity index (χ4v) is 2.67. The molecule has 7 nitrogen and oxygen atoms in total. The number of pyridine rings is 1. The van der Waals surface area contributed by atoms with Gasteiger partial charge in [0, 0.05) is 49.5 Å². The molecule has 0 atom stereocenters. The molecular formula is C14H19BrN4O3. The van der Waals surface area contributed by atoms with Crippen molar-refractivity contribution in [3.63, 3.8) is 0 Å². The number of rotatable bonds is 3. The number of amides is 3. The van der Waals surface area contributed by atoms with E-state index >= 15 is 0 Å². The van der Waals surface area contributed by atoms with Gasteiger partial charge in [-0.15, -0.1) is 0 Å². The molecule has 0 saturated carbocycles. The van der Waals surface area contributed by atoms with Crippen LogP contribution >= 0.6 is 15.9 Å². The number of piperazine rings is 1. The molecule has 0 aliphatic carbocycles. The van der Waals surface area contributed by atoms with Crippen molar-refractivity contribution in [3.8, 4) is 0 Å². The molecule has 0 aromatic carbocycles. The van der Waals surface area contributed by atoms with Gasteiger partial charge in [-0.2, -0.15) is 0 Å². The number of hydrogen-bond acceptors (Lipinski definition) is 3. The van der Waals surface area contributed by atoms with E-state index in [2.05, 4.69) is 21.2 Å². The molecule has 22 heavy (non-hydrogen) atoms. The minimum absolute atomic E-state index is 0.0133. The van der Waals surface area contributed by atoms with Crippen LogP contribution in [0.3, 0.4) is 0 Å². The fraction of sp³-hybridized carbons (Fsp3) is 0.500. The zero-order chi connectivity index (χ0) is 16.1. The quantitative estimate of drug-likeness (QED) is 0.840. The molecule has 0 spiro atoms. The minimum atomic E-state index is -0.211. The molecule has 1 aliphatic rings. The third-order valence-corrected chi connectivity index (χ3v) is 3.97. The lowest BCUT2D eigenvalue weighted by molar-refractivity contribution is -0.133. The lowest BCUT2D eigenvalue weighted by Gasteiger charge is -2.34. The smallest absolute Gasteiger partial charge is 0.317 e. The van der Waals surface area contributed by atoms with Gasteiger partial charge >= 0.3 is 6.03 Å². The van der Waals surface area contributed by atoms with Crippen LogP contribution in [0.4, 0.5) is 4.79 Å². The first-order valence-electron chi connectivity index (χ1n) is 7.18. The lowest BCUT2D eigenvalue weighted by atomic mass is 10.3. The van der Waals surface area contributed by atoms with Gasteiger partial charge in [0.05, 0.1) is 0 Å². The second-order valence-corrected chi connectivity index (χ2v) is 5.93. The molecule has 1 fully saturated rings. The maximum atomic E-state index is 12.3. The molecule has 2 heterocycles. The maximum absolute atomic E-state index is 12.3. The number of urea groups is 1. The van der Waals surface area contributed by atoms with E-state index < -0.39 is 0 Å². The molecule has 1 aliphatic heterocycles. The molecule has 0 radical (unpaired) electrons. The lowest BCUT2D eigenvalue weighted by Crippen LogP contribution is -2.53. The molecule has 3 amide bonds. The van der Waals surface area contributed by atoms with Crippen molar-refractivity contribution < 1.29 is 9.59 Å². The highest BCUT2D eigenvalue weighted by molar-refractivity contribution is 9.10. The van der Waals surface area contributed by atoms with E-state index in [-0.39, 0.29) is 24.0 Å². The van der Waals surface area contributed by atoms with Crippen molar-refractivity contribution in [1.82, 2.24) is 19.7 Å². The summed E-state index contributed by atoms with van der Waals surface area (Å²) in [7, 11) is 0. The van der Waals surface area contributed by atoms with Crippen LogP contribution in [-0.4, -0.2) is 59.0 Å². The number of nitrogens with one attached hydrogen (secondary N) is 1. The molecule has 0 unspecified atom stereocenters. The van der Waals surface area contributed by atoms with Crippen LogP contribution in [0.2, 0.25) is 0 Å². The van der Waals surface area contributed by atoms with Crippen LogP contribution in [-0.2, 0) is 11.3 Å². The van der Waals surface area contributed by atoms with Gasteiger partial charge < -0.3 is 19.7 Å². The molecule has 2 rings (SSSR count). The van der Waals surface area contributed by atoms with Crippen LogP contribution in [0.25, 0.3) is 0 Å². The summed E-state index contributed by atoms with van der Waals surface area (Å²) < 4.78 is 2.13. The predicted molar refractivity (Wildman–Crippen MR) is 85.6 cm³/mol. The molecule has 120 valence electrons. The van der Waals surface area contributed by atoms with E-state index in [1.165, 1.54) is 10.6 Å². The van der Waals surface area contributed by atoms with Crippen molar-refractivity contribution in [3.05, 3.63) is 33.2 Å². The molecule has 1 N–H and O–H groups in total. The van der Waals surface area contributed by atoms with E-state index in [0.29, 0.717) is 32.7 Å². The van der Waals surface area contributed by atoms with Gasteiger partial charge in [-0.1, -0.05) is 0 Å². The van der Waals surface area contributed by atoms with Gasteiger partial charge in [0.2, 0.25) is 5.91 Å². The highest BCUT2D eigenvalue weighted by Crippen LogP contribution is 2.07. The summed E-state index contributed by atoms with van der Waals surface area (Å²) >= 11 is 3.29. The average Bonchev–Trinajstić information content (AvgIpc) is 2.51. The van der Waals surface area contributed by atoms with Crippen LogP contribution in [0.1, 0.15) is 6.92 Å². The summed E-state index contributed by atoms with van der Waals surface area (Å²) in [6, 6.07) is 2.97. The summed E-state index contributed by atoms with van der Waals surface area (Å²) in [6.07, 6.45) is 1.60. The van der Waals surface area contributed by atoms with Crippen LogP contribution in [0.5, 0.6) is 0 Å². The van der Waals surface area contributed by atoms with Crippen molar-refractivity contribution in [1.29, 1.82) is 0 Å². The van der Waals surface area contributed by atoms with Gasteiger partial charge in [-0.25, -0.2) is 4.79 Å². The van der Waals surface area contributed by atoms with Crippen LogP contribution < -0.4 is 10.9 Å². The van der Waals surface area contributed by atoms with Crippen LogP contribution in [0, 0.1) is 0 Å². The summed E-state index contributed by atoms with van der Waals surface area (Å²) in [6.45, 7) is 4.45.